The number of aryl methyl sites for hydroxylation is 1. The summed E-state index contributed by atoms with van der Waals surface area (Å²) in [6.07, 6.45) is 3.10. The first-order chi connectivity index (χ1) is 11.8. The Morgan fingerprint density at radius 2 is 2.08 bits per heavy atom. The number of benzene rings is 2. The molecule has 0 aliphatic heterocycles. The molecule has 1 atom stereocenters. The van der Waals surface area contributed by atoms with E-state index in [4.69, 9.17) is 9.15 Å². The van der Waals surface area contributed by atoms with Crippen molar-refractivity contribution < 1.29 is 13.9 Å². The number of amides is 1. The molecule has 1 amide bonds. The van der Waals surface area contributed by atoms with Gasteiger partial charge in [-0.25, -0.2) is 0 Å². The van der Waals surface area contributed by atoms with E-state index >= 15 is 0 Å². The quantitative estimate of drug-likeness (QED) is 0.784. The molecule has 4 heteroatoms. The van der Waals surface area contributed by atoms with Gasteiger partial charge in [0, 0.05) is 5.39 Å². The van der Waals surface area contributed by atoms with Crippen LogP contribution in [0.3, 0.4) is 0 Å². The van der Waals surface area contributed by atoms with Crippen LogP contribution < -0.4 is 10.1 Å². The van der Waals surface area contributed by atoms with Gasteiger partial charge in [-0.2, -0.15) is 0 Å². The van der Waals surface area contributed by atoms with E-state index in [1.54, 1.807) is 13.2 Å². The molecule has 24 heavy (non-hydrogen) atoms. The Kier molecular flexibility index (Phi) is 3.73. The van der Waals surface area contributed by atoms with Gasteiger partial charge in [0.05, 0.1) is 13.2 Å². The Labute approximate surface area is 140 Å². The summed E-state index contributed by atoms with van der Waals surface area (Å²) in [4.78, 5) is 12.6. The first-order valence-corrected chi connectivity index (χ1v) is 8.21. The molecule has 4 nitrogen and oxygen atoms in total. The second-order valence-corrected chi connectivity index (χ2v) is 6.11. The molecule has 3 aromatic rings. The van der Waals surface area contributed by atoms with Crippen molar-refractivity contribution in [2.75, 3.05) is 7.11 Å². The van der Waals surface area contributed by atoms with E-state index in [1.807, 2.05) is 24.3 Å². The van der Waals surface area contributed by atoms with Crippen molar-refractivity contribution >= 4 is 16.9 Å². The predicted molar refractivity (Wildman–Crippen MR) is 92.4 cm³/mol. The number of ether oxygens (including phenoxy) is 1. The second kappa shape index (κ2) is 6.04. The average Bonchev–Trinajstić information content (AvgIpc) is 3.06. The molecule has 122 valence electrons. The molecule has 1 aromatic heterocycles. The van der Waals surface area contributed by atoms with Gasteiger partial charge in [-0.05, 0) is 42.5 Å². The SMILES string of the molecule is COc1cccc2cc(C(=O)N[C@@H]3CCCc4ccccc43)oc12. The van der Waals surface area contributed by atoms with Crippen molar-refractivity contribution in [1.82, 2.24) is 5.32 Å². The normalized spacial score (nSPS) is 16.6. The number of carbonyl (C=O) groups excluding carboxylic acids is 1. The number of fused-ring (bicyclic) bond motifs is 2. The maximum atomic E-state index is 12.6. The van der Waals surface area contributed by atoms with Gasteiger partial charge in [0.15, 0.2) is 17.1 Å². The number of furan rings is 1. The number of rotatable bonds is 3. The van der Waals surface area contributed by atoms with Gasteiger partial charge in [-0.3, -0.25) is 4.79 Å². The Hall–Kier alpha value is -2.75. The predicted octanol–water partition coefficient (Wildman–Crippen LogP) is 4.25. The maximum absolute atomic E-state index is 12.6. The monoisotopic (exact) mass is 321 g/mol. The van der Waals surface area contributed by atoms with Crippen LogP contribution in [0.5, 0.6) is 5.75 Å². The number of carbonyl (C=O) groups is 1. The summed E-state index contributed by atoms with van der Waals surface area (Å²) in [5.74, 6) is 0.766. The summed E-state index contributed by atoms with van der Waals surface area (Å²) in [5, 5.41) is 3.98. The van der Waals surface area contributed by atoms with Gasteiger partial charge in [-0.1, -0.05) is 36.4 Å². The molecule has 2 aromatic carbocycles. The van der Waals surface area contributed by atoms with Gasteiger partial charge in [0.1, 0.15) is 0 Å². The van der Waals surface area contributed by atoms with Crippen LogP contribution in [0.25, 0.3) is 11.0 Å². The fourth-order valence-corrected chi connectivity index (χ4v) is 3.44. The molecule has 1 N–H and O–H groups in total. The van der Waals surface area contributed by atoms with Gasteiger partial charge in [0.25, 0.3) is 5.91 Å². The molecule has 0 saturated carbocycles. The van der Waals surface area contributed by atoms with E-state index in [1.165, 1.54) is 11.1 Å². The average molecular weight is 321 g/mol. The van der Waals surface area contributed by atoms with Crippen LogP contribution in [0.2, 0.25) is 0 Å². The smallest absolute Gasteiger partial charge is 0.287 e. The Bertz CT molecular complexity index is 897. The van der Waals surface area contributed by atoms with E-state index < -0.39 is 0 Å². The second-order valence-electron chi connectivity index (χ2n) is 6.11. The molecular formula is C20H19NO3. The van der Waals surface area contributed by atoms with Gasteiger partial charge in [-0.15, -0.1) is 0 Å². The van der Waals surface area contributed by atoms with Crippen LogP contribution in [0.1, 0.15) is 40.6 Å². The molecule has 0 radical (unpaired) electrons. The minimum atomic E-state index is -0.185. The third-order valence-electron chi connectivity index (χ3n) is 4.63. The summed E-state index contributed by atoms with van der Waals surface area (Å²) < 4.78 is 11.0. The Morgan fingerprint density at radius 1 is 1.21 bits per heavy atom. The third kappa shape index (κ3) is 2.54. The van der Waals surface area contributed by atoms with Gasteiger partial charge in [0.2, 0.25) is 0 Å². The molecule has 1 heterocycles. The zero-order valence-electron chi connectivity index (χ0n) is 13.5. The number of nitrogens with one attached hydrogen (secondary N) is 1. The highest BCUT2D eigenvalue weighted by atomic mass is 16.5. The van der Waals surface area contributed by atoms with Crippen LogP contribution in [0, 0.1) is 0 Å². The van der Waals surface area contributed by atoms with Crippen LogP contribution >= 0.6 is 0 Å². The van der Waals surface area contributed by atoms with Crippen LogP contribution in [0.15, 0.2) is 52.9 Å². The fourth-order valence-electron chi connectivity index (χ4n) is 3.44. The van der Waals surface area contributed by atoms with Crippen molar-refractivity contribution in [2.45, 2.75) is 25.3 Å². The summed E-state index contributed by atoms with van der Waals surface area (Å²) in [5.41, 5.74) is 3.14. The minimum Gasteiger partial charge on any atom is -0.493 e. The molecule has 0 bridgehead atoms. The highest BCUT2D eigenvalue weighted by Gasteiger charge is 2.23. The van der Waals surface area contributed by atoms with Crippen molar-refractivity contribution in [1.29, 1.82) is 0 Å². The first kappa shape index (κ1) is 14.8. The van der Waals surface area contributed by atoms with E-state index in [0.29, 0.717) is 17.1 Å². The lowest BCUT2D eigenvalue weighted by atomic mass is 9.88. The molecule has 1 aliphatic rings. The lowest BCUT2D eigenvalue weighted by Crippen LogP contribution is -2.30. The highest BCUT2D eigenvalue weighted by Crippen LogP contribution is 2.31. The molecule has 0 unspecified atom stereocenters. The lowest BCUT2D eigenvalue weighted by Gasteiger charge is -2.25. The Morgan fingerprint density at radius 3 is 2.96 bits per heavy atom. The van der Waals surface area contributed by atoms with Crippen molar-refractivity contribution in [3.63, 3.8) is 0 Å². The van der Waals surface area contributed by atoms with E-state index in [0.717, 1.165) is 24.6 Å². The highest BCUT2D eigenvalue weighted by molar-refractivity contribution is 5.97. The summed E-state index contributed by atoms with van der Waals surface area (Å²) >= 11 is 0. The topological polar surface area (TPSA) is 51.5 Å². The van der Waals surface area contributed by atoms with E-state index in [-0.39, 0.29) is 11.9 Å². The fraction of sp³-hybridized carbons (Fsp3) is 0.250. The van der Waals surface area contributed by atoms with Gasteiger partial charge < -0.3 is 14.5 Å². The van der Waals surface area contributed by atoms with Crippen molar-refractivity contribution in [3.05, 3.63) is 65.4 Å². The molecule has 0 spiro atoms. The molecule has 0 fully saturated rings. The van der Waals surface area contributed by atoms with Crippen LogP contribution in [-0.2, 0) is 6.42 Å². The summed E-state index contributed by atoms with van der Waals surface area (Å²) in [6.45, 7) is 0. The summed E-state index contributed by atoms with van der Waals surface area (Å²) in [7, 11) is 1.59. The largest absolute Gasteiger partial charge is 0.493 e. The van der Waals surface area contributed by atoms with Crippen LogP contribution in [-0.4, -0.2) is 13.0 Å². The first-order valence-electron chi connectivity index (χ1n) is 8.21. The minimum absolute atomic E-state index is 0.0394. The zero-order valence-corrected chi connectivity index (χ0v) is 13.5. The van der Waals surface area contributed by atoms with E-state index in [9.17, 15) is 4.79 Å². The Balaban J connectivity index is 1.61. The molecule has 4 rings (SSSR count). The van der Waals surface area contributed by atoms with E-state index in [2.05, 4.69) is 23.5 Å². The summed E-state index contributed by atoms with van der Waals surface area (Å²) in [6, 6.07) is 15.7. The van der Waals surface area contributed by atoms with Crippen molar-refractivity contribution in [2.24, 2.45) is 0 Å². The standard InChI is InChI=1S/C20H19NO3/c1-23-17-11-5-8-14-12-18(24-19(14)17)20(22)21-16-10-4-7-13-6-2-3-9-15(13)16/h2-3,5-6,8-9,11-12,16H,4,7,10H2,1H3,(H,21,22)/t16-/m1/s1. The molecular weight excluding hydrogens is 302 g/mol. The molecule has 0 saturated heterocycles. The third-order valence-corrected chi connectivity index (χ3v) is 4.63. The van der Waals surface area contributed by atoms with Crippen molar-refractivity contribution in [3.8, 4) is 5.75 Å². The number of para-hydroxylation sites is 1. The van der Waals surface area contributed by atoms with Crippen LogP contribution in [0.4, 0.5) is 0 Å². The lowest BCUT2D eigenvalue weighted by molar-refractivity contribution is 0.0906. The molecule has 1 aliphatic carbocycles. The number of hydrogen-bond acceptors (Lipinski definition) is 3. The number of methoxy groups -OCH3 is 1. The maximum Gasteiger partial charge on any atom is 0.287 e. The zero-order chi connectivity index (χ0) is 16.5. The van der Waals surface area contributed by atoms with Gasteiger partial charge >= 0.3 is 0 Å². The number of hydrogen-bond donors (Lipinski definition) is 1.